The summed E-state index contributed by atoms with van der Waals surface area (Å²) >= 11 is 0. The smallest absolute Gasteiger partial charge is 0.322 e. The molecule has 0 radical (unpaired) electrons. The van der Waals surface area contributed by atoms with E-state index < -0.39 is 0 Å². The van der Waals surface area contributed by atoms with Gasteiger partial charge in [-0.3, -0.25) is 4.79 Å². The van der Waals surface area contributed by atoms with Crippen molar-refractivity contribution < 1.29 is 9.59 Å². The maximum absolute atomic E-state index is 13.7. The molecule has 37 heavy (non-hydrogen) atoms. The van der Waals surface area contributed by atoms with Crippen LogP contribution in [0.1, 0.15) is 35.1 Å². The standard InChI is InChI=1S/C31H34N4O2/c1-22-12-13-26(18-23(22)2)33-31(37)35(27-14-15-27)21-30(36)34(20-24-8-4-3-5-9-24)17-16-25-19-32-29-11-7-6-10-28(25)29/h3-13,18-19,27,32H,14-17,20-21H2,1-2H3,(H,33,37). The van der Waals surface area contributed by atoms with Gasteiger partial charge in [0.25, 0.3) is 0 Å². The molecule has 5 rings (SSSR count). The number of benzene rings is 3. The summed E-state index contributed by atoms with van der Waals surface area (Å²) < 4.78 is 0. The van der Waals surface area contributed by atoms with Crippen LogP contribution in [0.4, 0.5) is 10.5 Å². The molecule has 1 aliphatic rings. The predicted octanol–water partition coefficient (Wildman–Crippen LogP) is 6.05. The van der Waals surface area contributed by atoms with E-state index in [1.54, 1.807) is 4.90 Å². The zero-order valence-corrected chi connectivity index (χ0v) is 21.5. The topological polar surface area (TPSA) is 68.4 Å². The van der Waals surface area contributed by atoms with E-state index in [1.165, 1.54) is 16.5 Å². The molecule has 3 amide bonds. The lowest BCUT2D eigenvalue weighted by Gasteiger charge is -2.28. The van der Waals surface area contributed by atoms with Crippen LogP contribution in [0.25, 0.3) is 10.9 Å². The largest absolute Gasteiger partial charge is 0.361 e. The summed E-state index contributed by atoms with van der Waals surface area (Å²) in [6, 6.07) is 24.1. The van der Waals surface area contributed by atoms with Gasteiger partial charge in [0.1, 0.15) is 6.54 Å². The number of urea groups is 1. The first-order valence-corrected chi connectivity index (χ1v) is 13.0. The van der Waals surface area contributed by atoms with Crippen LogP contribution < -0.4 is 5.32 Å². The van der Waals surface area contributed by atoms with E-state index in [0.29, 0.717) is 13.1 Å². The molecule has 0 unspecified atom stereocenters. The first-order valence-electron chi connectivity index (χ1n) is 13.0. The van der Waals surface area contributed by atoms with Crippen LogP contribution in [-0.2, 0) is 17.8 Å². The number of aromatic amines is 1. The number of amides is 3. The summed E-state index contributed by atoms with van der Waals surface area (Å²) in [5.41, 5.74) is 6.42. The Kier molecular flexibility index (Phi) is 7.26. The fourth-order valence-electron chi connectivity index (χ4n) is 4.70. The van der Waals surface area contributed by atoms with Gasteiger partial charge in [-0.2, -0.15) is 0 Å². The normalized spacial score (nSPS) is 12.9. The lowest BCUT2D eigenvalue weighted by molar-refractivity contribution is -0.132. The van der Waals surface area contributed by atoms with Gasteiger partial charge >= 0.3 is 6.03 Å². The molecule has 190 valence electrons. The Hall–Kier alpha value is -4.06. The molecule has 0 aliphatic heterocycles. The zero-order valence-electron chi connectivity index (χ0n) is 21.5. The molecule has 1 aliphatic carbocycles. The summed E-state index contributed by atoms with van der Waals surface area (Å²) in [7, 11) is 0. The Morgan fingerprint density at radius 1 is 0.946 bits per heavy atom. The Balaban J connectivity index is 1.31. The zero-order chi connectivity index (χ0) is 25.8. The highest BCUT2D eigenvalue weighted by Crippen LogP contribution is 2.28. The molecular weight excluding hydrogens is 460 g/mol. The summed E-state index contributed by atoms with van der Waals surface area (Å²) in [6.07, 6.45) is 4.63. The van der Waals surface area contributed by atoms with Crippen LogP contribution in [0.15, 0.2) is 79.0 Å². The third-order valence-electron chi connectivity index (χ3n) is 7.21. The number of nitrogens with one attached hydrogen (secondary N) is 2. The monoisotopic (exact) mass is 494 g/mol. The second-order valence-electron chi connectivity index (χ2n) is 10.00. The van der Waals surface area contributed by atoms with E-state index in [1.807, 2.05) is 85.6 Å². The average molecular weight is 495 g/mol. The van der Waals surface area contributed by atoms with E-state index in [-0.39, 0.29) is 24.5 Å². The van der Waals surface area contributed by atoms with Crippen molar-refractivity contribution in [2.24, 2.45) is 0 Å². The average Bonchev–Trinajstić information content (AvgIpc) is 3.67. The van der Waals surface area contributed by atoms with E-state index in [2.05, 4.69) is 22.4 Å². The predicted molar refractivity (Wildman–Crippen MR) is 149 cm³/mol. The van der Waals surface area contributed by atoms with Crippen LogP contribution in [0.3, 0.4) is 0 Å². The number of aromatic nitrogens is 1. The number of carbonyl (C=O) groups excluding carboxylic acids is 2. The quantitative estimate of drug-likeness (QED) is 0.297. The number of anilines is 1. The van der Waals surface area contributed by atoms with E-state index in [4.69, 9.17) is 0 Å². The van der Waals surface area contributed by atoms with Gasteiger partial charge in [0, 0.05) is 41.9 Å². The molecule has 1 heterocycles. The highest BCUT2D eigenvalue weighted by atomic mass is 16.2. The number of nitrogens with zero attached hydrogens (tertiary/aromatic N) is 2. The fraction of sp³-hybridized carbons (Fsp3) is 0.290. The molecule has 1 saturated carbocycles. The Morgan fingerprint density at radius 2 is 1.70 bits per heavy atom. The van der Waals surface area contributed by atoms with Crippen LogP contribution in [-0.4, -0.2) is 45.9 Å². The van der Waals surface area contributed by atoms with Crippen molar-refractivity contribution in [3.63, 3.8) is 0 Å². The molecule has 1 fully saturated rings. The third-order valence-corrected chi connectivity index (χ3v) is 7.21. The molecular formula is C31H34N4O2. The number of hydrogen-bond acceptors (Lipinski definition) is 2. The number of rotatable bonds is 9. The van der Waals surface area contributed by atoms with Crippen LogP contribution in [0, 0.1) is 13.8 Å². The summed E-state index contributed by atoms with van der Waals surface area (Å²) in [5, 5.41) is 4.19. The molecule has 0 saturated heterocycles. The Bertz CT molecular complexity index is 1390. The number of aryl methyl sites for hydroxylation is 2. The highest BCUT2D eigenvalue weighted by molar-refractivity contribution is 5.93. The number of para-hydroxylation sites is 1. The summed E-state index contributed by atoms with van der Waals surface area (Å²) in [4.78, 5) is 33.8. The minimum Gasteiger partial charge on any atom is -0.361 e. The molecule has 6 nitrogen and oxygen atoms in total. The van der Waals surface area contributed by atoms with Crippen molar-refractivity contribution in [2.75, 3.05) is 18.4 Å². The van der Waals surface area contributed by atoms with Gasteiger partial charge < -0.3 is 20.1 Å². The second kappa shape index (κ2) is 10.9. The van der Waals surface area contributed by atoms with Gasteiger partial charge in [0.2, 0.25) is 5.91 Å². The maximum atomic E-state index is 13.7. The maximum Gasteiger partial charge on any atom is 0.322 e. The molecule has 0 spiro atoms. The SMILES string of the molecule is Cc1ccc(NC(=O)N(CC(=O)N(CCc2c[nH]c3ccccc23)Cc2ccccc2)C2CC2)cc1C. The molecule has 2 N–H and O–H groups in total. The van der Waals surface area contributed by atoms with Crippen molar-refractivity contribution in [3.8, 4) is 0 Å². The van der Waals surface area contributed by atoms with Crippen LogP contribution in [0.2, 0.25) is 0 Å². The fourth-order valence-corrected chi connectivity index (χ4v) is 4.70. The van der Waals surface area contributed by atoms with Gasteiger partial charge in [-0.25, -0.2) is 4.79 Å². The van der Waals surface area contributed by atoms with Crippen molar-refractivity contribution >= 4 is 28.5 Å². The first-order chi connectivity index (χ1) is 18.0. The number of fused-ring (bicyclic) bond motifs is 1. The first kappa shape index (κ1) is 24.6. The van der Waals surface area contributed by atoms with Crippen molar-refractivity contribution in [1.29, 1.82) is 0 Å². The highest BCUT2D eigenvalue weighted by Gasteiger charge is 2.35. The molecule has 0 atom stereocenters. The van der Waals surface area contributed by atoms with Gasteiger partial charge in [0.15, 0.2) is 0 Å². The lowest BCUT2D eigenvalue weighted by atomic mass is 10.1. The van der Waals surface area contributed by atoms with E-state index in [9.17, 15) is 9.59 Å². The van der Waals surface area contributed by atoms with Gasteiger partial charge in [-0.05, 0) is 73.6 Å². The molecule has 4 aromatic rings. The number of hydrogen-bond donors (Lipinski definition) is 2. The minimum atomic E-state index is -0.213. The van der Waals surface area contributed by atoms with Gasteiger partial charge in [0.05, 0.1) is 0 Å². The minimum absolute atomic E-state index is 0.0363. The van der Waals surface area contributed by atoms with Gasteiger partial charge in [-0.15, -0.1) is 0 Å². The van der Waals surface area contributed by atoms with Crippen molar-refractivity contribution in [2.45, 2.75) is 45.7 Å². The van der Waals surface area contributed by atoms with Gasteiger partial charge in [-0.1, -0.05) is 54.6 Å². The van der Waals surface area contributed by atoms with Crippen LogP contribution in [0.5, 0.6) is 0 Å². The van der Waals surface area contributed by atoms with Crippen molar-refractivity contribution in [1.82, 2.24) is 14.8 Å². The molecule has 1 aromatic heterocycles. The summed E-state index contributed by atoms with van der Waals surface area (Å²) in [6.45, 7) is 5.24. The Labute approximate surface area is 218 Å². The van der Waals surface area contributed by atoms with E-state index in [0.717, 1.165) is 41.6 Å². The number of H-pyrrole nitrogens is 1. The molecule has 6 heteroatoms. The molecule has 0 bridgehead atoms. The summed E-state index contributed by atoms with van der Waals surface area (Å²) in [5.74, 6) is -0.0363. The second-order valence-corrected chi connectivity index (χ2v) is 10.00. The Morgan fingerprint density at radius 3 is 2.46 bits per heavy atom. The molecule has 3 aromatic carbocycles. The lowest BCUT2D eigenvalue weighted by Crippen LogP contribution is -2.45. The van der Waals surface area contributed by atoms with E-state index >= 15 is 0 Å². The third kappa shape index (κ3) is 6.02. The van der Waals surface area contributed by atoms with Crippen molar-refractivity contribution in [3.05, 3.63) is 101 Å². The number of carbonyl (C=O) groups is 2. The van der Waals surface area contributed by atoms with Crippen LogP contribution >= 0.6 is 0 Å².